The minimum Gasteiger partial charge on any atom is -0.394 e. The van der Waals surface area contributed by atoms with E-state index in [4.69, 9.17) is 21.4 Å². The van der Waals surface area contributed by atoms with Crippen LogP contribution in [0.1, 0.15) is 6.23 Å². The van der Waals surface area contributed by atoms with Gasteiger partial charge in [0.05, 0.1) is 23.5 Å². The second kappa shape index (κ2) is 4.83. The Morgan fingerprint density at radius 3 is 2.85 bits per heavy atom. The van der Waals surface area contributed by atoms with Gasteiger partial charge in [0.25, 0.3) is 5.56 Å². The van der Waals surface area contributed by atoms with Gasteiger partial charge in [0.15, 0.2) is 11.7 Å². The zero-order valence-electron chi connectivity index (χ0n) is 10.1. The second-order valence-electron chi connectivity index (χ2n) is 4.54. The number of pyridine rings is 1. The summed E-state index contributed by atoms with van der Waals surface area (Å²) in [6.45, 7) is -0.435. The molecule has 1 fully saturated rings. The largest absolute Gasteiger partial charge is 0.394 e. The molecule has 108 valence electrons. The van der Waals surface area contributed by atoms with Crippen LogP contribution in [0.15, 0.2) is 17.3 Å². The Bertz CT molecular complexity index is 699. The van der Waals surface area contributed by atoms with Crippen LogP contribution < -0.4 is 5.56 Å². The molecule has 1 aliphatic heterocycles. The molecule has 1 aliphatic rings. The van der Waals surface area contributed by atoms with Crippen molar-refractivity contribution in [2.45, 2.75) is 24.5 Å². The highest BCUT2D eigenvalue weighted by Gasteiger charge is 2.43. The standard InChI is InChI=1S/C11H12ClN3O5/c12-4-1-13-10(19)6-7(4)15(3-14-6)11-9(18)8(17)5(2-16)20-11/h1,3,5,8-9,11,16-18H,2H2,(H,13,19)/t5-,8-,9-,11-/m1/s1. The molecule has 8 nitrogen and oxygen atoms in total. The van der Waals surface area contributed by atoms with Gasteiger partial charge in [-0.2, -0.15) is 0 Å². The second-order valence-corrected chi connectivity index (χ2v) is 4.95. The summed E-state index contributed by atoms with van der Waals surface area (Å²) >= 11 is 6.03. The molecule has 2 aromatic heterocycles. The van der Waals surface area contributed by atoms with Crippen molar-refractivity contribution in [3.05, 3.63) is 27.9 Å². The molecule has 0 amide bonds. The molecule has 0 saturated carbocycles. The maximum atomic E-state index is 11.6. The van der Waals surface area contributed by atoms with Crippen LogP contribution in [0.3, 0.4) is 0 Å². The number of aromatic nitrogens is 3. The summed E-state index contributed by atoms with van der Waals surface area (Å²) in [5, 5.41) is 29.1. The van der Waals surface area contributed by atoms with Gasteiger partial charge in [-0.3, -0.25) is 9.36 Å². The van der Waals surface area contributed by atoms with Crippen LogP contribution in [0.25, 0.3) is 11.0 Å². The third-order valence-corrected chi connectivity index (χ3v) is 3.64. The maximum Gasteiger partial charge on any atom is 0.276 e. The van der Waals surface area contributed by atoms with Gasteiger partial charge in [-0.1, -0.05) is 11.6 Å². The highest BCUT2D eigenvalue weighted by Crippen LogP contribution is 2.32. The lowest BCUT2D eigenvalue weighted by Gasteiger charge is -2.17. The van der Waals surface area contributed by atoms with Crippen molar-refractivity contribution in [1.82, 2.24) is 14.5 Å². The average molecular weight is 302 g/mol. The van der Waals surface area contributed by atoms with Crippen LogP contribution in [-0.2, 0) is 4.74 Å². The van der Waals surface area contributed by atoms with Gasteiger partial charge < -0.3 is 25.0 Å². The molecule has 4 N–H and O–H groups in total. The molecule has 0 aliphatic carbocycles. The summed E-state index contributed by atoms with van der Waals surface area (Å²) in [5.74, 6) is 0. The van der Waals surface area contributed by atoms with Crippen LogP contribution >= 0.6 is 11.6 Å². The Morgan fingerprint density at radius 2 is 2.20 bits per heavy atom. The van der Waals surface area contributed by atoms with E-state index in [2.05, 4.69) is 9.97 Å². The Kier molecular flexibility index (Phi) is 3.27. The van der Waals surface area contributed by atoms with Crippen molar-refractivity contribution in [2.75, 3.05) is 6.61 Å². The lowest BCUT2D eigenvalue weighted by Crippen LogP contribution is -2.33. The molecule has 0 unspecified atom stereocenters. The molecular weight excluding hydrogens is 290 g/mol. The Morgan fingerprint density at radius 1 is 1.45 bits per heavy atom. The van der Waals surface area contributed by atoms with Crippen LogP contribution in [0, 0.1) is 0 Å². The van der Waals surface area contributed by atoms with Crippen molar-refractivity contribution in [1.29, 1.82) is 0 Å². The molecule has 0 aromatic carbocycles. The zero-order chi connectivity index (χ0) is 14.4. The van der Waals surface area contributed by atoms with Crippen LogP contribution in [-0.4, -0.2) is 54.8 Å². The number of fused-ring (bicyclic) bond motifs is 1. The van der Waals surface area contributed by atoms with Crippen molar-refractivity contribution in [2.24, 2.45) is 0 Å². The molecule has 9 heteroatoms. The number of rotatable bonds is 2. The number of aliphatic hydroxyl groups is 3. The van der Waals surface area contributed by atoms with Gasteiger partial charge in [0.1, 0.15) is 18.3 Å². The van der Waals surface area contributed by atoms with E-state index >= 15 is 0 Å². The van der Waals surface area contributed by atoms with E-state index in [1.807, 2.05) is 0 Å². The first-order valence-electron chi connectivity index (χ1n) is 5.90. The predicted molar refractivity (Wildman–Crippen MR) is 68.4 cm³/mol. The topological polar surface area (TPSA) is 121 Å². The number of nitrogens with one attached hydrogen (secondary N) is 1. The third kappa shape index (κ3) is 1.85. The maximum absolute atomic E-state index is 11.6. The normalized spacial score (nSPS) is 30.2. The van der Waals surface area contributed by atoms with E-state index in [1.165, 1.54) is 17.1 Å². The Hall–Kier alpha value is -1.45. The number of halogens is 1. The fourth-order valence-electron chi connectivity index (χ4n) is 2.33. The molecule has 3 heterocycles. The van der Waals surface area contributed by atoms with Gasteiger partial charge in [0.2, 0.25) is 0 Å². The summed E-state index contributed by atoms with van der Waals surface area (Å²) in [7, 11) is 0. The molecule has 20 heavy (non-hydrogen) atoms. The first-order valence-corrected chi connectivity index (χ1v) is 6.28. The molecule has 0 bridgehead atoms. The molecule has 0 spiro atoms. The summed E-state index contributed by atoms with van der Waals surface area (Å²) in [5.41, 5.74) is -0.0182. The van der Waals surface area contributed by atoms with E-state index < -0.39 is 36.7 Å². The van der Waals surface area contributed by atoms with Gasteiger partial charge >= 0.3 is 0 Å². The SMILES string of the molecule is O=c1[nH]cc(Cl)c2c1ncn2[C@@H]1O[C@H](CO)[C@@H](O)[C@H]1O. The number of imidazole rings is 1. The van der Waals surface area contributed by atoms with Gasteiger partial charge in [-0.05, 0) is 0 Å². The Balaban J connectivity index is 2.12. The summed E-state index contributed by atoms with van der Waals surface area (Å²) in [6.07, 6.45) is -1.78. The van der Waals surface area contributed by atoms with Crippen molar-refractivity contribution in [3.8, 4) is 0 Å². The minimum atomic E-state index is -1.26. The molecule has 0 radical (unpaired) electrons. The van der Waals surface area contributed by atoms with Gasteiger partial charge in [-0.25, -0.2) is 4.98 Å². The summed E-state index contributed by atoms with van der Waals surface area (Å²) < 4.78 is 6.76. The first-order chi connectivity index (χ1) is 9.54. The van der Waals surface area contributed by atoms with E-state index in [0.29, 0.717) is 5.52 Å². The van der Waals surface area contributed by atoms with Crippen LogP contribution in [0.2, 0.25) is 5.02 Å². The predicted octanol–water partition coefficient (Wildman–Crippen LogP) is -1.01. The van der Waals surface area contributed by atoms with Gasteiger partial charge in [0, 0.05) is 6.20 Å². The number of hydrogen-bond acceptors (Lipinski definition) is 6. The number of aromatic amines is 1. The number of nitrogens with zero attached hydrogens (tertiary/aromatic N) is 2. The van der Waals surface area contributed by atoms with E-state index in [9.17, 15) is 15.0 Å². The number of ether oxygens (including phenoxy) is 1. The number of hydrogen-bond donors (Lipinski definition) is 4. The van der Waals surface area contributed by atoms with E-state index in [1.54, 1.807) is 0 Å². The molecule has 2 aromatic rings. The summed E-state index contributed by atoms with van der Waals surface area (Å²) in [6, 6.07) is 0. The van der Waals surface area contributed by atoms with Crippen LogP contribution in [0.5, 0.6) is 0 Å². The smallest absolute Gasteiger partial charge is 0.276 e. The number of aliphatic hydroxyl groups excluding tert-OH is 3. The van der Waals surface area contributed by atoms with Crippen molar-refractivity contribution >= 4 is 22.6 Å². The lowest BCUT2D eigenvalue weighted by molar-refractivity contribution is -0.0508. The van der Waals surface area contributed by atoms with E-state index in [-0.39, 0.29) is 10.5 Å². The average Bonchev–Trinajstić information content (AvgIpc) is 2.99. The van der Waals surface area contributed by atoms with E-state index in [0.717, 1.165) is 0 Å². The number of H-pyrrole nitrogens is 1. The fourth-order valence-corrected chi connectivity index (χ4v) is 2.57. The zero-order valence-corrected chi connectivity index (χ0v) is 10.9. The lowest BCUT2D eigenvalue weighted by atomic mass is 10.1. The van der Waals surface area contributed by atoms with Crippen molar-refractivity contribution in [3.63, 3.8) is 0 Å². The molecule has 3 rings (SSSR count). The summed E-state index contributed by atoms with van der Waals surface area (Å²) in [4.78, 5) is 18.0. The monoisotopic (exact) mass is 301 g/mol. The Labute approximate surface area is 117 Å². The fraction of sp³-hybridized carbons (Fsp3) is 0.455. The highest BCUT2D eigenvalue weighted by atomic mass is 35.5. The van der Waals surface area contributed by atoms with Gasteiger partial charge in [-0.15, -0.1) is 0 Å². The first kappa shape index (κ1) is 13.5. The quantitative estimate of drug-likeness (QED) is 0.564. The molecule has 4 atom stereocenters. The third-order valence-electron chi connectivity index (χ3n) is 3.36. The molecular formula is C11H12ClN3O5. The van der Waals surface area contributed by atoms with Crippen LogP contribution in [0.4, 0.5) is 0 Å². The minimum absolute atomic E-state index is 0.107. The van der Waals surface area contributed by atoms with Crippen molar-refractivity contribution < 1.29 is 20.1 Å². The molecule has 1 saturated heterocycles. The highest BCUT2D eigenvalue weighted by molar-refractivity contribution is 6.34.